The Bertz CT molecular complexity index is 306. The fourth-order valence-corrected chi connectivity index (χ4v) is 2.36. The Morgan fingerprint density at radius 3 is 2.28 bits per heavy atom. The monoisotopic (exact) mass is 255 g/mol. The lowest BCUT2D eigenvalue weighted by molar-refractivity contribution is -0.130. The van der Waals surface area contributed by atoms with E-state index in [1.165, 1.54) is 0 Å². The summed E-state index contributed by atoms with van der Waals surface area (Å²) in [5.74, 6) is 0.230. The number of carbonyl (C=O) groups is 1. The lowest BCUT2D eigenvalue weighted by atomic mass is 10.1. The van der Waals surface area contributed by atoms with E-state index < -0.39 is 5.67 Å². The van der Waals surface area contributed by atoms with E-state index in [0.29, 0.717) is 19.3 Å². The molecule has 0 bridgehead atoms. The van der Waals surface area contributed by atoms with E-state index in [1.807, 2.05) is 4.90 Å². The molecule has 0 aliphatic heterocycles. The summed E-state index contributed by atoms with van der Waals surface area (Å²) < 4.78 is 13.4. The smallest absolute Gasteiger partial charge is 0.226 e. The Kier molecular flexibility index (Phi) is 5.36. The van der Waals surface area contributed by atoms with Crippen molar-refractivity contribution in [3.8, 4) is 0 Å². The van der Waals surface area contributed by atoms with Crippen LogP contribution in [0, 0.1) is 5.92 Å². The highest BCUT2D eigenvalue weighted by atomic mass is 19.1. The molecule has 2 unspecified atom stereocenters. The third-order valence-electron chi connectivity index (χ3n) is 3.61. The summed E-state index contributed by atoms with van der Waals surface area (Å²) in [4.78, 5) is 14.0. The van der Waals surface area contributed by atoms with Gasteiger partial charge in [-0.15, -0.1) is 0 Å². The van der Waals surface area contributed by atoms with Crippen LogP contribution in [0.2, 0.25) is 0 Å². The van der Waals surface area contributed by atoms with Crippen molar-refractivity contribution in [2.75, 3.05) is 13.1 Å². The number of nitrogens with zero attached hydrogens (tertiary/aromatic N) is 1. The summed E-state index contributed by atoms with van der Waals surface area (Å²) in [7, 11) is 0. The van der Waals surface area contributed by atoms with Crippen LogP contribution in [0.4, 0.5) is 4.39 Å². The molecule has 1 rings (SSSR count). The van der Waals surface area contributed by atoms with Crippen LogP contribution in [0.5, 0.6) is 0 Å². The van der Waals surface area contributed by atoms with Crippen molar-refractivity contribution in [1.29, 1.82) is 0 Å². The topological polar surface area (TPSA) is 20.3 Å². The van der Waals surface area contributed by atoms with Gasteiger partial charge in [0.1, 0.15) is 5.67 Å². The molecule has 1 aliphatic carbocycles. The molecule has 1 amide bonds. The predicted molar refractivity (Wildman–Crippen MR) is 73.2 cm³/mol. The van der Waals surface area contributed by atoms with Crippen molar-refractivity contribution >= 4 is 5.91 Å². The number of amides is 1. The summed E-state index contributed by atoms with van der Waals surface area (Å²) in [5.41, 5.74) is -0.137. The molecule has 2 atom stereocenters. The van der Waals surface area contributed by atoms with Gasteiger partial charge in [0.05, 0.1) is 0 Å². The average molecular weight is 255 g/mol. The summed E-state index contributed by atoms with van der Waals surface area (Å²) in [6, 6.07) is 0. The third kappa shape index (κ3) is 4.43. The fraction of sp³-hybridized carbons (Fsp3) is 0.800. The van der Waals surface area contributed by atoms with Gasteiger partial charge in [-0.25, -0.2) is 4.39 Å². The van der Waals surface area contributed by atoms with Crippen molar-refractivity contribution in [1.82, 2.24) is 4.90 Å². The molecular weight excluding hydrogens is 229 g/mol. The van der Waals surface area contributed by atoms with Crippen molar-refractivity contribution in [2.45, 2.75) is 58.5 Å². The lowest BCUT2D eigenvalue weighted by Gasteiger charge is -2.22. The summed E-state index contributed by atoms with van der Waals surface area (Å²) in [6.07, 6.45) is 3.61. The quantitative estimate of drug-likeness (QED) is 0.605. The minimum atomic E-state index is -1.02. The Morgan fingerprint density at radius 1 is 1.39 bits per heavy atom. The van der Waals surface area contributed by atoms with Crippen LogP contribution >= 0.6 is 0 Å². The molecule has 1 fully saturated rings. The number of alkyl halides is 1. The summed E-state index contributed by atoms with van der Waals surface area (Å²) in [5, 5.41) is 0. The van der Waals surface area contributed by atoms with Gasteiger partial charge in [-0.2, -0.15) is 0 Å². The molecule has 3 heteroatoms. The second-order valence-corrected chi connectivity index (χ2v) is 5.69. The second-order valence-electron chi connectivity index (χ2n) is 5.69. The van der Waals surface area contributed by atoms with Gasteiger partial charge in [0.25, 0.3) is 0 Å². The van der Waals surface area contributed by atoms with E-state index in [9.17, 15) is 9.18 Å². The maximum absolute atomic E-state index is 13.4. The number of rotatable bonds is 8. The first kappa shape index (κ1) is 15.2. The molecule has 0 heterocycles. The normalized spacial score (nSPS) is 25.9. The molecule has 0 aromatic carbocycles. The minimum absolute atomic E-state index is 0.0867. The van der Waals surface area contributed by atoms with E-state index in [2.05, 4.69) is 20.4 Å². The van der Waals surface area contributed by atoms with Crippen LogP contribution in [0.3, 0.4) is 0 Å². The van der Waals surface area contributed by atoms with Crippen LogP contribution in [0.25, 0.3) is 0 Å². The Hall–Kier alpha value is -0.860. The van der Waals surface area contributed by atoms with Gasteiger partial charge >= 0.3 is 0 Å². The van der Waals surface area contributed by atoms with Crippen LogP contribution in [0.1, 0.15) is 52.9 Å². The number of carbonyl (C=O) groups excluding carboxylic acids is 1. The van der Waals surface area contributed by atoms with Gasteiger partial charge in [0, 0.05) is 19.5 Å². The Labute approximate surface area is 110 Å². The molecule has 18 heavy (non-hydrogen) atoms. The first-order valence-electron chi connectivity index (χ1n) is 7.04. The van der Waals surface area contributed by atoms with E-state index in [-0.39, 0.29) is 11.8 Å². The highest BCUT2D eigenvalue weighted by Crippen LogP contribution is 2.50. The molecule has 0 spiro atoms. The Morgan fingerprint density at radius 2 is 1.89 bits per heavy atom. The van der Waals surface area contributed by atoms with Crippen LogP contribution < -0.4 is 0 Å². The summed E-state index contributed by atoms with van der Waals surface area (Å²) >= 11 is 0. The van der Waals surface area contributed by atoms with E-state index in [4.69, 9.17) is 0 Å². The molecule has 0 N–H and O–H groups in total. The van der Waals surface area contributed by atoms with Gasteiger partial charge in [0.15, 0.2) is 0 Å². The average Bonchev–Trinajstić information content (AvgIpc) is 2.85. The van der Waals surface area contributed by atoms with Gasteiger partial charge in [-0.05, 0) is 38.5 Å². The second kappa shape index (κ2) is 6.35. The molecule has 104 valence electrons. The van der Waals surface area contributed by atoms with Crippen molar-refractivity contribution in [3.05, 3.63) is 12.2 Å². The zero-order valence-electron chi connectivity index (χ0n) is 12.0. The fourth-order valence-electron chi connectivity index (χ4n) is 2.36. The molecule has 0 saturated heterocycles. The molecule has 0 aromatic heterocycles. The zero-order valence-corrected chi connectivity index (χ0v) is 12.0. The van der Waals surface area contributed by atoms with E-state index in [1.54, 1.807) is 6.92 Å². The molecule has 0 aromatic rings. The Balaban J connectivity index is 2.35. The molecule has 0 radical (unpaired) electrons. The minimum Gasteiger partial charge on any atom is -0.342 e. The number of halogens is 1. The zero-order chi connectivity index (χ0) is 13.8. The predicted octanol–water partition coefficient (Wildman–Crippen LogP) is 3.72. The first-order chi connectivity index (χ1) is 8.40. The molecular formula is C15H26FNO. The van der Waals surface area contributed by atoms with Gasteiger partial charge < -0.3 is 4.90 Å². The highest BCUT2D eigenvalue weighted by Gasteiger charge is 2.50. The van der Waals surface area contributed by atoms with Crippen molar-refractivity contribution < 1.29 is 9.18 Å². The molecule has 2 nitrogen and oxygen atoms in total. The molecule has 1 aliphatic rings. The molecule has 1 saturated carbocycles. The standard InChI is InChI=1S/C15H26FNO/c1-5-7-17(8-6-2)14(18)10-12(3)9-13-11-15(13,4)16/h13H,3,5-11H2,1-2,4H3. The third-order valence-corrected chi connectivity index (χ3v) is 3.61. The summed E-state index contributed by atoms with van der Waals surface area (Å²) in [6.45, 7) is 11.3. The number of hydrogen-bond donors (Lipinski definition) is 0. The van der Waals surface area contributed by atoms with Gasteiger partial charge in [-0.1, -0.05) is 26.0 Å². The van der Waals surface area contributed by atoms with Crippen LogP contribution in [-0.4, -0.2) is 29.6 Å². The van der Waals surface area contributed by atoms with Gasteiger partial charge in [0.2, 0.25) is 5.91 Å². The van der Waals surface area contributed by atoms with Crippen molar-refractivity contribution in [2.24, 2.45) is 5.92 Å². The van der Waals surface area contributed by atoms with Crippen LogP contribution in [-0.2, 0) is 4.79 Å². The van der Waals surface area contributed by atoms with E-state index >= 15 is 0 Å². The maximum atomic E-state index is 13.4. The van der Waals surface area contributed by atoms with Crippen LogP contribution in [0.15, 0.2) is 12.2 Å². The SMILES string of the molecule is C=C(CC(=O)N(CCC)CCC)CC1CC1(C)F. The van der Waals surface area contributed by atoms with Crippen molar-refractivity contribution in [3.63, 3.8) is 0 Å². The lowest BCUT2D eigenvalue weighted by Crippen LogP contribution is -2.32. The van der Waals surface area contributed by atoms with E-state index in [0.717, 1.165) is 31.5 Å². The van der Waals surface area contributed by atoms with Gasteiger partial charge in [-0.3, -0.25) is 4.79 Å². The first-order valence-corrected chi connectivity index (χ1v) is 7.04. The number of hydrogen-bond acceptors (Lipinski definition) is 1. The largest absolute Gasteiger partial charge is 0.342 e. The maximum Gasteiger partial charge on any atom is 0.226 e. The highest BCUT2D eigenvalue weighted by molar-refractivity contribution is 5.78.